The number of carbonyl (C=O) groups is 1. The van der Waals surface area contributed by atoms with Crippen LogP contribution in [-0.4, -0.2) is 18.0 Å². The fraction of sp³-hybridized carbons (Fsp3) is 0.200. The van der Waals surface area contributed by atoms with Gasteiger partial charge in [0.05, 0.1) is 30.3 Å². The molecule has 3 N–H and O–H groups in total. The van der Waals surface area contributed by atoms with Crippen LogP contribution in [0.4, 0.5) is 11.4 Å². The molecule has 1 aromatic carbocycles. The molecule has 0 atom stereocenters. The first-order valence-corrected chi connectivity index (χ1v) is 6.19. The molecule has 5 nitrogen and oxygen atoms in total. The van der Waals surface area contributed by atoms with Crippen LogP contribution in [0, 0.1) is 13.8 Å². The van der Waals surface area contributed by atoms with Crippen LogP contribution >= 0.6 is 0 Å². The van der Waals surface area contributed by atoms with Crippen molar-refractivity contribution in [3.05, 3.63) is 47.3 Å². The number of amides is 1. The summed E-state index contributed by atoms with van der Waals surface area (Å²) >= 11 is 0. The summed E-state index contributed by atoms with van der Waals surface area (Å²) in [5.74, 6) is 0.552. The van der Waals surface area contributed by atoms with Gasteiger partial charge in [-0.1, -0.05) is 0 Å². The number of nitrogens with two attached hydrogens (primary N) is 1. The van der Waals surface area contributed by atoms with Gasteiger partial charge in [0.15, 0.2) is 0 Å². The van der Waals surface area contributed by atoms with E-state index in [0.29, 0.717) is 22.6 Å². The summed E-state index contributed by atoms with van der Waals surface area (Å²) in [4.78, 5) is 16.3. The minimum absolute atomic E-state index is 0.230. The van der Waals surface area contributed by atoms with Gasteiger partial charge in [-0.3, -0.25) is 9.78 Å². The number of anilines is 2. The number of rotatable bonds is 3. The number of methoxy groups -OCH3 is 1. The first kappa shape index (κ1) is 13.9. The van der Waals surface area contributed by atoms with Crippen LogP contribution in [0.5, 0.6) is 5.75 Å². The van der Waals surface area contributed by atoms with E-state index in [1.165, 1.54) is 6.20 Å². The maximum absolute atomic E-state index is 12.2. The number of carbonyl (C=O) groups excluding carboxylic acids is 1. The lowest BCUT2D eigenvalue weighted by Gasteiger charge is -2.10. The minimum Gasteiger partial charge on any atom is -0.496 e. The Kier molecular flexibility index (Phi) is 3.89. The van der Waals surface area contributed by atoms with Crippen molar-refractivity contribution < 1.29 is 9.53 Å². The van der Waals surface area contributed by atoms with Crippen molar-refractivity contribution in [2.24, 2.45) is 0 Å². The van der Waals surface area contributed by atoms with Gasteiger partial charge < -0.3 is 15.8 Å². The number of ether oxygens (including phenoxy) is 1. The Labute approximate surface area is 117 Å². The predicted octanol–water partition coefficient (Wildman–Crippen LogP) is 2.54. The maximum Gasteiger partial charge on any atom is 0.257 e. The molecule has 0 unspecified atom stereocenters. The molecule has 20 heavy (non-hydrogen) atoms. The Morgan fingerprint density at radius 1 is 1.30 bits per heavy atom. The van der Waals surface area contributed by atoms with Crippen LogP contribution < -0.4 is 15.8 Å². The van der Waals surface area contributed by atoms with Gasteiger partial charge in [-0.05, 0) is 43.7 Å². The van der Waals surface area contributed by atoms with Crippen molar-refractivity contribution in [1.29, 1.82) is 0 Å². The summed E-state index contributed by atoms with van der Waals surface area (Å²) in [6.07, 6.45) is 1.53. The average molecular weight is 271 g/mol. The molecule has 0 spiro atoms. The van der Waals surface area contributed by atoms with Crippen LogP contribution in [0.15, 0.2) is 30.5 Å². The number of nitrogens with zero attached hydrogens (tertiary/aromatic N) is 1. The Morgan fingerprint density at radius 2 is 2.05 bits per heavy atom. The summed E-state index contributed by atoms with van der Waals surface area (Å²) in [7, 11) is 1.61. The maximum atomic E-state index is 12.2. The van der Waals surface area contributed by atoms with E-state index in [2.05, 4.69) is 10.3 Å². The number of aromatic nitrogens is 1. The lowest BCUT2D eigenvalue weighted by atomic mass is 10.1. The molecule has 0 bridgehead atoms. The van der Waals surface area contributed by atoms with Crippen LogP contribution in [0.1, 0.15) is 21.6 Å². The summed E-state index contributed by atoms with van der Waals surface area (Å²) in [6.45, 7) is 3.69. The molecule has 2 aromatic rings. The van der Waals surface area contributed by atoms with Crippen LogP contribution in [0.25, 0.3) is 0 Å². The number of pyridine rings is 1. The van der Waals surface area contributed by atoms with E-state index in [9.17, 15) is 4.79 Å². The van der Waals surface area contributed by atoms with Gasteiger partial charge in [0.1, 0.15) is 5.75 Å². The van der Waals surface area contributed by atoms with Crippen molar-refractivity contribution in [3.63, 3.8) is 0 Å². The molecule has 0 saturated heterocycles. The topological polar surface area (TPSA) is 77.2 Å². The molecule has 104 valence electrons. The van der Waals surface area contributed by atoms with E-state index in [-0.39, 0.29) is 5.91 Å². The second kappa shape index (κ2) is 5.61. The van der Waals surface area contributed by atoms with Crippen molar-refractivity contribution >= 4 is 17.3 Å². The number of hydrogen-bond donors (Lipinski definition) is 2. The summed E-state index contributed by atoms with van der Waals surface area (Å²) in [5, 5.41) is 2.83. The highest BCUT2D eigenvalue weighted by molar-refractivity contribution is 6.05. The minimum atomic E-state index is -0.230. The fourth-order valence-electron chi connectivity index (χ4n) is 1.93. The normalized spacial score (nSPS) is 10.2. The second-order valence-electron chi connectivity index (χ2n) is 4.54. The van der Waals surface area contributed by atoms with E-state index in [4.69, 9.17) is 10.5 Å². The lowest BCUT2D eigenvalue weighted by Crippen LogP contribution is -2.14. The van der Waals surface area contributed by atoms with Crippen molar-refractivity contribution in [3.8, 4) is 5.75 Å². The Bertz CT molecular complexity index is 654. The van der Waals surface area contributed by atoms with Crippen LogP contribution in [-0.2, 0) is 0 Å². The number of aryl methyl sites for hydroxylation is 2. The van der Waals surface area contributed by atoms with Gasteiger partial charge in [0.2, 0.25) is 0 Å². The molecular formula is C15H17N3O2. The lowest BCUT2D eigenvalue weighted by molar-refractivity contribution is 0.102. The Hall–Kier alpha value is -2.56. The summed E-state index contributed by atoms with van der Waals surface area (Å²) in [5.41, 5.74) is 8.89. The average Bonchev–Trinajstić information content (AvgIpc) is 2.41. The van der Waals surface area contributed by atoms with E-state index in [0.717, 1.165) is 11.3 Å². The van der Waals surface area contributed by atoms with Gasteiger partial charge in [-0.15, -0.1) is 0 Å². The van der Waals surface area contributed by atoms with E-state index in [1.54, 1.807) is 26.2 Å². The molecule has 0 aliphatic carbocycles. The Morgan fingerprint density at radius 3 is 2.70 bits per heavy atom. The first-order chi connectivity index (χ1) is 9.51. The van der Waals surface area contributed by atoms with Gasteiger partial charge in [0, 0.05) is 5.69 Å². The van der Waals surface area contributed by atoms with Gasteiger partial charge in [-0.2, -0.15) is 0 Å². The zero-order valence-electron chi connectivity index (χ0n) is 11.7. The fourth-order valence-corrected chi connectivity index (χ4v) is 1.93. The van der Waals surface area contributed by atoms with Gasteiger partial charge in [-0.25, -0.2) is 0 Å². The molecule has 0 radical (unpaired) electrons. The number of nitrogen functional groups attached to an aromatic ring is 1. The third kappa shape index (κ3) is 2.88. The van der Waals surface area contributed by atoms with Crippen molar-refractivity contribution in [1.82, 2.24) is 4.98 Å². The molecular weight excluding hydrogens is 254 g/mol. The molecule has 1 aromatic heterocycles. The van der Waals surface area contributed by atoms with Gasteiger partial charge in [0.25, 0.3) is 5.91 Å². The third-order valence-electron chi connectivity index (χ3n) is 3.01. The largest absolute Gasteiger partial charge is 0.496 e. The predicted molar refractivity (Wildman–Crippen MR) is 79.1 cm³/mol. The molecule has 0 saturated carbocycles. The van der Waals surface area contributed by atoms with E-state index in [1.807, 2.05) is 19.1 Å². The highest BCUT2D eigenvalue weighted by atomic mass is 16.5. The van der Waals surface area contributed by atoms with Crippen LogP contribution in [0.2, 0.25) is 0 Å². The second-order valence-corrected chi connectivity index (χ2v) is 4.54. The zero-order valence-corrected chi connectivity index (χ0v) is 11.7. The van der Waals surface area contributed by atoms with Crippen molar-refractivity contribution in [2.45, 2.75) is 13.8 Å². The number of nitrogens with one attached hydrogen (secondary N) is 1. The molecule has 0 fully saturated rings. The van der Waals surface area contributed by atoms with Crippen LogP contribution in [0.3, 0.4) is 0 Å². The van der Waals surface area contributed by atoms with Gasteiger partial charge >= 0.3 is 0 Å². The summed E-state index contributed by atoms with van der Waals surface area (Å²) in [6, 6.07) is 7.08. The standard InChI is InChI=1S/C15H17N3O2/c1-9-6-12(4-5-14(9)20-3)18-15(19)13-7-11(16)8-17-10(13)2/h4-8H,16H2,1-3H3,(H,18,19). The van der Waals surface area contributed by atoms with Crippen molar-refractivity contribution in [2.75, 3.05) is 18.2 Å². The molecule has 1 heterocycles. The number of hydrogen-bond acceptors (Lipinski definition) is 4. The molecule has 1 amide bonds. The highest BCUT2D eigenvalue weighted by Crippen LogP contribution is 2.22. The monoisotopic (exact) mass is 271 g/mol. The smallest absolute Gasteiger partial charge is 0.257 e. The van der Waals surface area contributed by atoms with E-state index >= 15 is 0 Å². The number of benzene rings is 1. The highest BCUT2D eigenvalue weighted by Gasteiger charge is 2.11. The molecule has 2 rings (SSSR count). The molecule has 5 heteroatoms. The van der Waals surface area contributed by atoms with E-state index < -0.39 is 0 Å². The molecule has 0 aliphatic heterocycles. The quantitative estimate of drug-likeness (QED) is 0.899. The first-order valence-electron chi connectivity index (χ1n) is 6.19. The SMILES string of the molecule is COc1ccc(NC(=O)c2cc(N)cnc2C)cc1C. The Balaban J connectivity index is 2.23. The molecule has 0 aliphatic rings. The third-order valence-corrected chi connectivity index (χ3v) is 3.01. The zero-order chi connectivity index (χ0) is 14.7. The summed E-state index contributed by atoms with van der Waals surface area (Å²) < 4.78 is 5.19.